The molecule has 1 unspecified atom stereocenters. The molecule has 0 N–H and O–H groups in total. The fourth-order valence-electron chi connectivity index (χ4n) is 4.30. The molecule has 1 aromatic heterocycles. The molecule has 134 valence electrons. The zero-order valence-electron chi connectivity index (χ0n) is 15.2. The average molecular weight is 338 g/mol. The molecule has 2 aliphatic heterocycles. The molecule has 0 amide bonds. The highest BCUT2D eigenvalue weighted by Gasteiger charge is 2.25. The maximum absolute atomic E-state index is 4.29. The predicted octanol–water partition coefficient (Wildman–Crippen LogP) is 3.38. The molecule has 4 heteroatoms. The van der Waals surface area contributed by atoms with Crippen LogP contribution >= 0.6 is 0 Å². The van der Waals surface area contributed by atoms with Gasteiger partial charge in [0, 0.05) is 31.5 Å². The SMILES string of the molecule is c1cnn(Cc2ccc(CN3CCCCC3CN3CCCC3)cc2)c1. The van der Waals surface area contributed by atoms with Crippen LogP contribution in [0.2, 0.25) is 0 Å². The van der Waals surface area contributed by atoms with Crippen LogP contribution in [0.5, 0.6) is 0 Å². The Bertz CT molecular complexity index is 628. The predicted molar refractivity (Wildman–Crippen MR) is 101 cm³/mol. The van der Waals surface area contributed by atoms with Crippen molar-refractivity contribution in [3.63, 3.8) is 0 Å². The molecular formula is C21H30N4. The molecule has 0 aliphatic carbocycles. The monoisotopic (exact) mass is 338 g/mol. The molecule has 2 fully saturated rings. The van der Waals surface area contributed by atoms with Gasteiger partial charge in [-0.2, -0.15) is 5.10 Å². The Hall–Kier alpha value is -1.65. The highest BCUT2D eigenvalue weighted by atomic mass is 15.3. The molecule has 2 aromatic rings. The summed E-state index contributed by atoms with van der Waals surface area (Å²) < 4.78 is 1.98. The van der Waals surface area contributed by atoms with Crippen LogP contribution < -0.4 is 0 Å². The number of rotatable bonds is 6. The van der Waals surface area contributed by atoms with Crippen LogP contribution in [0.25, 0.3) is 0 Å². The van der Waals surface area contributed by atoms with E-state index in [2.05, 4.69) is 39.2 Å². The number of piperidine rings is 1. The van der Waals surface area contributed by atoms with Crippen molar-refractivity contribution < 1.29 is 0 Å². The first-order valence-electron chi connectivity index (χ1n) is 9.88. The molecule has 2 saturated heterocycles. The summed E-state index contributed by atoms with van der Waals surface area (Å²) in [7, 11) is 0. The van der Waals surface area contributed by atoms with Crippen molar-refractivity contribution in [3.8, 4) is 0 Å². The quantitative estimate of drug-likeness (QED) is 0.807. The number of nitrogens with zero attached hydrogens (tertiary/aromatic N) is 4. The molecule has 4 rings (SSSR count). The smallest absolute Gasteiger partial charge is 0.0659 e. The molecule has 0 bridgehead atoms. The van der Waals surface area contributed by atoms with Crippen LogP contribution in [0.4, 0.5) is 0 Å². The Kier molecular flexibility index (Phi) is 5.48. The van der Waals surface area contributed by atoms with E-state index in [1.807, 2.05) is 23.1 Å². The first-order chi connectivity index (χ1) is 12.4. The first-order valence-corrected chi connectivity index (χ1v) is 9.88. The summed E-state index contributed by atoms with van der Waals surface area (Å²) in [5.41, 5.74) is 2.76. The maximum Gasteiger partial charge on any atom is 0.0659 e. The lowest BCUT2D eigenvalue weighted by atomic mass is 10.0. The summed E-state index contributed by atoms with van der Waals surface area (Å²) in [4.78, 5) is 5.40. The average Bonchev–Trinajstić information content (AvgIpc) is 3.32. The minimum atomic E-state index is 0.746. The minimum Gasteiger partial charge on any atom is -0.302 e. The normalized spacial score (nSPS) is 22.5. The largest absolute Gasteiger partial charge is 0.302 e. The molecule has 1 atom stereocenters. The van der Waals surface area contributed by atoms with Crippen molar-refractivity contribution in [1.82, 2.24) is 19.6 Å². The van der Waals surface area contributed by atoms with E-state index in [0.717, 1.165) is 19.1 Å². The zero-order valence-corrected chi connectivity index (χ0v) is 15.2. The minimum absolute atomic E-state index is 0.746. The maximum atomic E-state index is 4.29. The van der Waals surface area contributed by atoms with Crippen molar-refractivity contribution in [1.29, 1.82) is 0 Å². The van der Waals surface area contributed by atoms with Gasteiger partial charge in [0.25, 0.3) is 0 Å². The Morgan fingerprint density at radius 3 is 2.32 bits per heavy atom. The third kappa shape index (κ3) is 4.50. The lowest BCUT2D eigenvalue weighted by molar-refractivity contribution is 0.106. The molecule has 0 radical (unpaired) electrons. The highest BCUT2D eigenvalue weighted by molar-refractivity contribution is 5.23. The van der Waals surface area contributed by atoms with Crippen molar-refractivity contribution in [3.05, 3.63) is 53.9 Å². The van der Waals surface area contributed by atoms with Gasteiger partial charge in [0.2, 0.25) is 0 Å². The van der Waals surface area contributed by atoms with Gasteiger partial charge in [-0.05, 0) is 62.5 Å². The molecule has 1 aromatic carbocycles. The Morgan fingerprint density at radius 2 is 1.60 bits per heavy atom. The van der Waals surface area contributed by atoms with Gasteiger partial charge in [0.05, 0.1) is 6.54 Å². The van der Waals surface area contributed by atoms with Crippen LogP contribution in [-0.4, -0.2) is 51.8 Å². The first kappa shape index (κ1) is 16.8. The van der Waals surface area contributed by atoms with E-state index in [0.29, 0.717) is 0 Å². The van der Waals surface area contributed by atoms with E-state index in [1.54, 1.807) is 0 Å². The molecule has 4 nitrogen and oxygen atoms in total. The molecule has 0 spiro atoms. The van der Waals surface area contributed by atoms with Gasteiger partial charge in [-0.1, -0.05) is 30.7 Å². The summed E-state index contributed by atoms with van der Waals surface area (Å²) in [5.74, 6) is 0. The summed E-state index contributed by atoms with van der Waals surface area (Å²) >= 11 is 0. The van der Waals surface area contributed by atoms with Gasteiger partial charge < -0.3 is 4.90 Å². The summed E-state index contributed by atoms with van der Waals surface area (Å²) in [5, 5.41) is 4.29. The second kappa shape index (κ2) is 8.15. The number of aromatic nitrogens is 2. The Balaban J connectivity index is 1.35. The van der Waals surface area contributed by atoms with Crippen molar-refractivity contribution in [2.24, 2.45) is 0 Å². The van der Waals surface area contributed by atoms with E-state index in [4.69, 9.17) is 0 Å². The lowest BCUT2D eigenvalue weighted by Gasteiger charge is -2.38. The third-order valence-electron chi connectivity index (χ3n) is 5.73. The van der Waals surface area contributed by atoms with Gasteiger partial charge >= 0.3 is 0 Å². The zero-order chi connectivity index (χ0) is 16.9. The van der Waals surface area contributed by atoms with Crippen LogP contribution in [0.3, 0.4) is 0 Å². The van der Waals surface area contributed by atoms with Crippen molar-refractivity contribution in [2.75, 3.05) is 26.2 Å². The fourth-order valence-corrected chi connectivity index (χ4v) is 4.30. The molecule has 3 heterocycles. The van der Waals surface area contributed by atoms with E-state index in [-0.39, 0.29) is 0 Å². The molecular weight excluding hydrogens is 308 g/mol. The van der Waals surface area contributed by atoms with Gasteiger partial charge in [-0.3, -0.25) is 9.58 Å². The fraction of sp³-hybridized carbons (Fsp3) is 0.571. The van der Waals surface area contributed by atoms with E-state index in [9.17, 15) is 0 Å². The number of hydrogen-bond acceptors (Lipinski definition) is 3. The second-order valence-corrected chi connectivity index (χ2v) is 7.65. The van der Waals surface area contributed by atoms with Crippen LogP contribution in [-0.2, 0) is 13.1 Å². The summed E-state index contributed by atoms with van der Waals surface area (Å²) in [6, 6.07) is 11.9. The summed E-state index contributed by atoms with van der Waals surface area (Å²) in [6.45, 7) is 7.11. The number of likely N-dealkylation sites (tertiary alicyclic amines) is 2. The van der Waals surface area contributed by atoms with Gasteiger partial charge in [0.15, 0.2) is 0 Å². The lowest BCUT2D eigenvalue weighted by Crippen LogP contribution is -2.45. The summed E-state index contributed by atoms with van der Waals surface area (Å²) in [6.07, 6.45) is 10.8. The van der Waals surface area contributed by atoms with E-state index >= 15 is 0 Å². The van der Waals surface area contributed by atoms with Crippen LogP contribution in [0, 0.1) is 0 Å². The molecule has 25 heavy (non-hydrogen) atoms. The van der Waals surface area contributed by atoms with Crippen molar-refractivity contribution >= 4 is 0 Å². The van der Waals surface area contributed by atoms with Gasteiger partial charge in [-0.15, -0.1) is 0 Å². The highest BCUT2D eigenvalue weighted by Crippen LogP contribution is 2.22. The third-order valence-corrected chi connectivity index (χ3v) is 5.73. The van der Waals surface area contributed by atoms with Gasteiger partial charge in [-0.25, -0.2) is 0 Å². The van der Waals surface area contributed by atoms with Crippen molar-refractivity contribution in [2.45, 2.75) is 51.2 Å². The second-order valence-electron chi connectivity index (χ2n) is 7.65. The van der Waals surface area contributed by atoms with E-state index < -0.39 is 0 Å². The van der Waals surface area contributed by atoms with E-state index in [1.165, 1.54) is 69.4 Å². The van der Waals surface area contributed by atoms with Gasteiger partial charge in [0.1, 0.15) is 0 Å². The molecule has 2 aliphatic rings. The number of hydrogen-bond donors (Lipinski definition) is 0. The standard InChI is InChI=1S/C21H30N4/c1-2-14-24(21(6-1)18-23-12-3-4-13-23)16-19-7-9-20(10-8-19)17-25-15-5-11-22-25/h5,7-11,15,21H,1-4,6,12-14,16-18H2. The number of benzene rings is 1. The topological polar surface area (TPSA) is 24.3 Å². The Labute approximate surface area is 151 Å². The van der Waals surface area contributed by atoms with Crippen LogP contribution in [0.15, 0.2) is 42.7 Å². The Morgan fingerprint density at radius 1 is 0.880 bits per heavy atom. The van der Waals surface area contributed by atoms with Crippen LogP contribution in [0.1, 0.15) is 43.2 Å². The molecule has 0 saturated carbocycles.